The Kier molecular flexibility index (Phi) is 2.99. The molecule has 2 heteroatoms. The SMILES string of the molecule is Cc1ccc(Cl)cc1CC(C)(C)N. The highest BCUT2D eigenvalue weighted by Crippen LogP contribution is 2.19. The molecule has 0 saturated carbocycles. The monoisotopic (exact) mass is 197 g/mol. The maximum absolute atomic E-state index is 5.94. The molecular weight excluding hydrogens is 182 g/mol. The van der Waals surface area contributed by atoms with E-state index >= 15 is 0 Å². The summed E-state index contributed by atoms with van der Waals surface area (Å²) in [6.07, 6.45) is 0.861. The molecule has 13 heavy (non-hydrogen) atoms. The third-order valence-corrected chi connectivity index (χ3v) is 2.19. The maximum Gasteiger partial charge on any atom is 0.0408 e. The third kappa shape index (κ3) is 3.37. The van der Waals surface area contributed by atoms with E-state index in [4.69, 9.17) is 17.3 Å². The van der Waals surface area contributed by atoms with Crippen LogP contribution in [0.3, 0.4) is 0 Å². The van der Waals surface area contributed by atoms with Crippen LogP contribution in [-0.2, 0) is 6.42 Å². The second-order valence-electron chi connectivity index (χ2n) is 4.24. The van der Waals surface area contributed by atoms with Crippen molar-refractivity contribution >= 4 is 11.6 Å². The molecule has 0 radical (unpaired) electrons. The molecule has 1 nitrogen and oxygen atoms in total. The van der Waals surface area contributed by atoms with E-state index in [0.717, 1.165) is 11.4 Å². The number of hydrogen-bond acceptors (Lipinski definition) is 1. The number of nitrogens with two attached hydrogens (primary N) is 1. The molecule has 0 aromatic heterocycles. The first-order valence-electron chi connectivity index (χ1n) is 4.42. The number of benzene rings is 1. The summed E-state index contributed by atoms with van der Waals surface area (Å²) >= 11 is 5.90. The van der Waals surface area contributed by atoms with Gasteiger partial charge in [0.15, 0.2) is 0 Å². The average Bonchev–Trinajstić information content (AvgIpc) is 1.94. The van der Waals surface area contributed by atoms with E-state index < -0.39 is 0 Å². The van der Waals surface area contributed by atoms with Crippen LogP contribution in [0, 0.1) is 6.92 Å². The highest BCUT2D eigenvalue weighted by atomic mass is 35.5. The highest BCUT2D eigenvalue weighted by Gasteiger charge is 2.13. The van der Waals surface area contributed by atoms with Crippen molar-refractivity contribution in [1.82, 2.24) is 0 Å². The summed E-state index contributed by atoms with van der Waals surface area (Å²) in [6.45, 7) is 6.12. The van der Waals surface area contributed by atoms with Crippen molar-refractivity contribution in [3.05, 3.63) is 34.3 Å². The molecular formula is C11H16ClN. The summed E-state index contributed by atoms with van der Waals surface area (Å²) in [4.78, 5) is 0. The van der Waals surface area contributed by atoms with Crippen molar-refractivity contribution in [2.75, 3.05) is 0 Å². The molecule has 1 aromatic carbocycles. The van der Waals surface area contributed by atoms with Crippen LogP contribution in [0.25, 0.3) is 0 Å². The van der Waals surface area contributed by atoms with Crippen LogP contribution in [0.1, 0.15) is 25.0 Å². The first-order chi connectivity index (χ1) is 5.88. The Bertz CT molecular complexity index is 299. The van der Waals surface area contributed by atoms with Gasteiger partial charge in [-0.3, -0.25) is 0 Å². The van der Waals surface area contributed by atoms with E-state index in [1.165, 1.54) is 11.1 Å². The van der Waals surface area contributed by atoms with E-state index in [1.807, 2.05) is 32.0 Å². The molecule has 0 saturated heterocycles. The molecule has 0 atom stereocenters. The molecule has 0 fully saturated rings. The summed E-state index contributed by atoms with van der Waals surface area (Å²) in [5, 5.41) is 0.782. The van der Waals surface area contributed by atoms with Crippen LogP contribution in [0.5, 0.6) is 0 Å². The zero-order valence-corrected chi connectivity index (χ0v) is 9.15. The first-order valence-corrected chi connectivity index (χ1v) is 4.80. The maximum atomic E-state index is 5.94. The van der Waals surface area contributed by atoms with Crippen LogP contribution in [0.2, 0.25) is 5.02 Å². The van der Waals surface area contributed by atoms with Crippen molar-refractivity contribution in [3.63, 3.8) is 0 Å². The molecule has 0 bridgehead atoms. The summed E-state index contributed by atoms with van der Waals surface area (Å²) < 4.78 is 0. The summed E-state index contributed by atoms with van der Waals surface area (Å²) in [5.41, 5.74) is 8.26. The van der Waals surface area contributed by atoms with Crippen molar-refractivity contribution in [2.24, 2.45) is 5.73 Å². The molecule has 1 aromatic rings. The van der Waals surface area contributed by atoms with Gasteiger partial charge in [-0.1, -0.05) is 17.7 Å². The van der Waals surface area contributed by atoms with Gasteiger partial charge in [0.05, 0.1) is 0 Å². The average molecular weight is 198 g/mol. The van der Waals surface area contributed by atoms with Gasteiger partial charge in [-0.2, -0.15) is 0 Å². The van der Waals surface area contributed by atoms with Crippen molar-refractivity contribution in [1.29, 1.82) is 0 Å². The Labute approximate surface area is 84.9 Å². The lowest BCUT2D eigenvalue weighted by molar-refractivity contribution is 0.515. The Balaban J connectivity index is 2.94. The minimum atomic E-state index is -0.171. The molecule has 0 aliphatic heterocycles. The number of hydrogen-bond donors (Lipinski definition) is 1. The van der Waals surface area contributed by atoms with Crippen LogP contribution in [-0.4, -0.2) is 5.54 Å². The second kappa shape index (κ2) is 3.69. The Morgan fingerprint density at radius 1 is 1.38 bits per heavy atom. The predicted molar refractivity (Wildman–Crippen MR) is 58.2 cm³/mol. The lowest BCUT2D eigenvalue weighted by Crippen LogP contribution is -2.34. The van der Waals surface area contributed by atoms with Gasteiger partial charge < -0.3 is 5.73 Å². The minimum absolute atomic E-state index is 0.171. The fourth-order valence-corrected chi connectivity index (χ4v) is 1.52. The molecule has 0 aliphatic rings. The van der Waals surface area contributed by atoms with E-state index in [0.29, 0.717) is 0 Å². The smallest absolute Gasteiger partial charge is 0.0408 e. The highest BCUT2D eigenvalue weighted by molar-refractivity contribution is 6.30. The molecule has 0 heterocycles. The van der Waals surface area contributed by atoms with Gasteiger partial charge in [-0.15, -0.1) is 0 Å². The topological polar surface area (TPSA) is 26.0 Å². The number of aryl methyl sites for hydroxylation is 1. The molecule has 1 rings (SSSR count). The molecule has 0 spiro atoms. The van der Waals surface area contributed by atoms with Crippen molar-refractivity contribution < 1.29 is 0 Å². The van der Waals surface area contributed by atoms with Gasteiger partial charge in [-0.25, -0.2) is 0 Å². The third-order valence-electron chi connectivity index (χ3n) is 1.96. The van der Waals surface area contributed by atoms with Crippen molar-refractivity contribution in [3.8, 4) is 0 Å². The zero-order valence-electron chi connectivity index (χ0n) is 8.39. The number of halogens is 1. The molecule has 72 valence electrons. The summed E-state index contributed by atoms with van der Waals surface area (Å²) in [7, 11) is 0. The van der Waals surface area contributed by atoms with Crippen LogP contribution < -0.4 is 5.73 Å². The quantitative estimate of drug-likeness (QED) is 0.775. The van der Waals surface area contributed by atoms with E-state index in [9.17, 15) is 0 Å². The standard InChI is InChI=1S/C11H16ClN/c1-8-4-5-10(12)6-9(8)7-11(2,3)13/h4-6H,7,13H2,1-3H3. The van der Waals surface area contributed by atoms with Crippen molar-refractivity contribution in [2.45, 2.75) is 32.7 Å². The summed E-state index contributed by atoms with van der Waals surface area (Å²) in [6, 6.07) is 5.93. The normalized spacial score (nSPS) is 11.8. The molecule has 0 unspecified atom stereocenters. The first kappa shape index (κ1) is 10.6. The van der Waals surface area contributed by atoms with Crippen LogP contribution >= 0.6 is 11.6 Å². The lowest BCUT2D eigenvalue weighted by atomic mass is 9.93. The molecule has 0 aliphatic carbocycles. The van der Waals surface area contributed by atoms with E-state index in [1.54, 1.807) is 0 Å². The molecule has 0 amide bonds. The second-order valence-corrected chi connectivity index (χ2v) is 4.67. The van der Waals surface area contributed by atoms with Gasteiger partial charge in [0.2, 0.25) is 0 Å². The van der Waals surface area contributed by atoms with Gasteiger partial charge >= 0.3 is 0 Å². The van der Waals surface area contributed by atoms with Gasteiger partial charge in [0, 0.05) is 10.6 Å². The minimum Gasteiger partial charge on any atom is -0.325 e. The van der Waals surface area contributed by atoms with E-state index in [2.05, 4.69) is 6.92 Å². The Morgan fingerprint density at radius 3 is 2.54 bits per heavy atom. The Hall–Kier alpha value is -0.530. The number of rotatable bonds is 2. The van der Waals surface area contributed by atoms with Crippen LogP contribution in [0.15, 0.2) is 18.2 Å². The van der Waals surface area contributed by atoms with Gasteiger partial charge in [0.25, 0.3) is 0 Å². The molecule has 2 N–H and O–H groups in total. The fourth-order valence-electron chi connectivity index (χ4n) is 1.32. The zero-order chi connectivity index (χ0) is 10.1. The predicted octanol–water partition coefficient (Wildman–Crippen LogP) is 2.93. The van der Waals surface area contributed by atoms with Gasteiger partial charge in [0.1, 0.15) is 0 Å². The Morgan fingerprint density at radius 2 is 2.00 bits per heavy atom. The lowest BCUT2D eigenvalue weighted by Gasteiger charge is -2.19. The van der Waals surface area contributed by atoms with Crippen LogP contribution in [0.4, 0.5) is 0 Å². The largest absolute Gasteiger partial charge is 0.325 e. The van der Waals surface area contributed by atoms with E-state index in [-0.39, 0.29) is 5.54 Å². The summed E-state index contributed by atoms with van der Waals surface area (Å²) in [5.74, 6) is 0. The van der Waals surface area contributed by atoms with Gasteiger partial charge in [-0.05, 0) is 50.5 Å². The fraction of sp³-hybridized carbons (Fsp3) is 0.455.